The first-order chi connectivity index (χ1) is 11.5. The summed E-state index contributed by atoms with van der Waals surface area (Å²) in [6, 6.07) is 0.175. The molecule has 9 nitrogen and oxygen atoms in total. The molecule has 0 amide bonds. The van der Waals surface area contributed by atoms with Crippen LogP contribution >= 0.6 is 0 Å². The fraction of sp³-hybridized carbons (Fsp3) is 0.462. The summed E-state index contributed by atoms with van der Waals surface area (Å²) in [7, 11) is 1.60. The molecule has 11 heteroatoms. The van der Waals surface area contributed by atoms with Gasteiger partial charge in [-0.25, -0.2) is 9.97 Å². The monoisotopic (exact) mass is 339 g/mol. The Balaban J connectivity index is 1.82. The van der Waals surface area contributed by atoms with Crippen molar-refractivity contribution in [2.24, 2.45) is 0 Å². The van der Waals surface area contributed by atoms with Gasteiger partial charge in [0.15, 0.2) is 0 Å². The van der Waals surface area contributed by atoms with Gasteiger partial charge in [-0.05, 0) is 12.8 Å². The van der Waals surface area contributed by atoms with Crippen molar-refractivity contribution in [3.63, 3.8) is 0 Å². The van der Waals surface area contributed by atoms with Gasteiger partial charge in [-0.1, -0.05) is 0 Å². The number of aromatic nitrogens is 4. The number of anilines is 2. The van der Waals surface area contributed by atoms with Crippen LogP contribution in [0.3, 0.4) is 0 Å². The summed E-state index contributed by atoms with van der Waals surface area (Å²) in [5.74, 6) is 0.468. The van der Waals surface area contributed by atoms with Crippen LogP contribution in [0.5, 0.6) is 0 Å². The minimum atomic E-state index is -2.69. The van der Waals surface area contributed by atoms with Gasteiger partial charge < -0.3 is 10.2 Å². The number of rotatable bonds is 7. The van der Waals surface area contributed by atoms with E-state index in [1.807, 2.05) is 0 Å². The van der Waals surface area contributed by atoms with Crippen molar-refractivity contribution >= 4 is 17.5 Å². The number of nitrogens with one attached hydrogen (secondary N) is 1. The lowest BCUT2D eigenvalue weighted by Crippen LogP contribution is -2.22. The maximum absolute atomic E-state index is 12.9. The highest BCUT2D eigenvalue weighted by atomic mass is 19.3. The van der Waals surface area contributed by atoms with Crippen LogP contribution in [0.25, 0.3) is 0 Å². The summed E-state index contributed by atoms with van der Waals surface area (Å²) >= 11 is 0. The Morgan fingerprint density at radius 3 is 2.88 bits per heavy atom. The second-order valence-corrected chi connectivity index (χ2v) is 5.46. The normalized spacial score (nSPS) is 14.0. The first-order valence-corrected chi connectivity index (χ1v) is 7.24. The standard InChI is InChI=1S/C13H15F2N7O2/c1-20(7-10-16-4-5-21(10)12(14)15)13-17-6-9(22(23)24)11(19-13)18-8-2-3-8/h4-6,8,12H,2-3,7H2,1H3,(H,17,18,19). The maximum atomic E-state index is 12.9. The number of imidazole rings is 1. The topological polar surface area (TPSA) is 102 Å². The van der Waals surface area contributed by atoms with Gasteiger partial charge in [0, 0.05) is 25.5 Å². The lowest BCUT2D eigenvalue weighted by Gasteiger charge is -2.18. The molecule has 0 radical (unpaired) electrons. The molecule has 2 heterocycles. The molecule has 3 rings (SSSR count). The Kier molecular flexibility index (Phi) is 4.23. The highest BCUT2D eigenvalue weighted by molar-refractivity contribution is 5.58. The van der Waals surface area contributed by atoms with E-state index in [1.165, 1.54) is 17.3 Å². The van der Waals surface area contributed by atoms with Crippen LogP contribution in [0.2, 0.25) is 0 Å². The highest BCUT2D eigenvalue weighted by Crippen LogP contribution is 2.30. The third kappa shape index (κ3) is 3.39. The average molecular weight is 339 g/mol. The Hall–Kier alpha value is -2.85. The van der Waals surface area contributed by atoms with Gasteiger partial charge in [-0.15, -0.1) is 0 Å². The molecular weight excluding hydrogens is 324 g/mol. The van der Waals surface area contributed by atoms with Crippen molar-refractivity contribution in [3.8, 4) is 0 Å². The van der Waals surface area contributed by atoms with Gasteiger partial charge in [0.2, 0.25) is 11.8 Å². The van der Waals surface area contributed by atoms with Crippen LogP contribution < -0.4 is 10.2 Å². The molecular formula is C13H15F2N7O2. The van der Waals surface area contributed by atoms with Crippen molar-refractivity contribution in [1.29, 1.82) is 0 Å². The molecule has 0 atom stereocenters. The zero-order valence-corrected chi connectivity index (χ0v) is 12.8. The predicted octanol–water partition coefficient (Wildman–Crippen LogP) is 2.19. The van der Waals surface area contributed by atoms with Crippen LogP contribution in [0, 0.1) is 10.1 Å². The molecule has 0 unspecified atom stereocenters. The summed E-state index contributed by atoms with van der Waals surface area (Å²) < 4.78 is 26.5. The SMILES string of the molecule is CN(Cc1nccn1C(F)F)c1ncc([N+](=O)[O-])c(NC2CC2)n1. The van der Waals surface area contributed by atoms with E-state index in [1.54, 1.807) is 7.05 Å². The lowest BCUT2D eigenvalue weighted by molar-refractivity contribution is -0.384. The van der Waals surface area contributed by atoms with E-state index in [9.17, 15) is 18.9 Å². The average Bonchev–Trinajstić information content (AvgIpc) is 3.22. The van der Waals surface area contributed by atoms with Gasteiger partial charge in [-0.3, -0.25) is 14.7 Å². The third-order valence-corrected chi connectivity index (χ3v) is 3.55. The maximum Gasteiger partial charge on any atom is 0.329 e. The molecule has 1 N–H and O–H groups in total. The number of halogens is 2. The molecule has 0 saturated heterocycles. The van der Waals surface area contributed by atoms with Crippen LogP contribution in [0.15, 0.2) is 18.6 Å². The predicted molar refractivity (Wildman–Crippen MR) is 80.9 cm³/mol. The summed E-state index contributed by atoms with van der Waals surface area (Å²) in [6.45, 7) is -2.65. The minimum absolute atomic E-state index is 0.0397. The molecule has 1 aliphatic carbocycles. The smallest absolute Gasteiger partial charge is 0.329 e. The van der Waals surface area contributed by atoms with Crippen molar-refractivity contribution in [2.45, 2.75) is 32.0 Å². The summed E-state index contributed by atoms with van der Waals surface area (Å²) in [5.41, 5.74) is -0.215. The summed E-state index contributed by atoms with van der Waals surface area (Å²) in [4.78, 5) is 24.0. The van der Waals surface area contributed by atoms with Crippen molar-refractivity contribution < 1.29 is 13.7 Å². The van der Waals surface area contributed by atoms with E-state index in [-0.39, 0.29) is 35.9 Å². The molecule has 2 aromatic heterocycles. The van der Waals surface area contributed by atoms with Crippen LogP contribution in [-0.4, -0.2) is 37.5 Å². The van der Waals surface area contributed by atoms with Gasteiger partial charge in [0.1, 0.15) is 12.0 Å². The largest absolute Gasteiger partial charge is 0.361 e. The number of hydrogen-bond acceptors (Lipinski definition) is 7. The highest BCUT2D eigenvalue weighted by Gasteiger charge is 2.27. The Labute approximate surface area is 135 Å². The molecule has 0 aliphatic heterocycles. The van der Waals surface area contributed by atoms with Gasteiger partial charge in [0.25, 0.3) is 0 Å². The quantitative estimate of drug-likeness (QED) is 0.609. The van der Waals surface area contributed by atoms with E-state index >= 15 is 0 Å². The fourth-order valence-corrected chi connectivity index (χ4v) is 2.14. The summed E-state index contributed by atoms with van der Waals surface area (Å²) in [5, 5.41) is 14.0. The van der Waals surface area contributed by atoms with E-state index in [2.05, 4.69) is 20.3 Å². The minimum Gasteiger partial charge on any atom is -0.361 e. The van der Waals surface area contributed by atoms with Crippen LogP contribution in [-0.2, 0) is 6.54 Å². The molecule has 1 fully saturated rings. The van der Waals surface area contributed by atoms with Crippen molar-refractivity contribution in [1.82, 2.24) is 19.5 Å². The molecule has 0 aromatic carbocycles. The van der Waals surface area contributed by atoms with Gasteiger partial charge in [-0.2, -0.15) is 13.8 Å². The Bertz CT molecular complexity index is 748. The second-order valence-electron chi connectivity index (χ2n) is 5.46. The Morgan fingerprint density at radius 2 is 2.25 bits per heavy atom. The van der Waals surface area contributed by atoms with E-state index < -0.39 is 11.5 Å². The molecule has 1 saturated carbocycles. The number of nitro groups is 1. The number of alkyl halides is 2. The Morgan fingerprint density at radius 1 is 1.50 bits per heavy atom. The third-order valence-electron chi connectivity index (χ3n) is 3.55. The van der Waals surface area contributed by atoms with E-state index in [4.69, 9.17) is 0 Å². The van der Waals surface area contributed by atoms with Crippen LogP contribution in [0.1, 0.15) is 25.2 Å². The van der Waals surface area contributed by atoms with Gasteiger partial charge in [0.05, 0.1) is 11.5 Å². The van der Waals surface area contributed by atoms with E-state index in [0.29, 0.717) is 0 Å². The fourth-order valence-electron chi connectivity index (χ4n) is 2.14. The molecule has 0 bridgehead atoms. The zero-order valence-electron chi connectivity index (χ0n) is 12.8. The van der Waals surface area contributed by atoms with Crippen molar-refractivity contribution in [3.05, 3.63) is 34.5 Å². The first kappa shape index (κ1) is 16.0. The number of nitrogens with zero attached hydrogens (tertiary/aromatic N) is 6. The molecule has 128 valence electrons. The van der Waals surface area contributed by atoms with Crippen molar-refractivity contribution in [2.75, 3.05) is 17.3 Å². The first-order valence-electron chi connectivity index (χ1n) is 7.24. The second kappa shape index (κ2) is 6.34. The zero-order chi connectivity index (χ0) is 17.3. The molecule has 1 aliphatic rings. The molecule has 24 heavy (non-hydrogen) atoms. The number of hydrogen-bond donors (Lipinski definition) is 1. The van der Waals surface area contributed by atoms with Gasteiger partial charge >= 0.3 is 12.2 Å². The molecule has 0 spiro atoms. The van der Waals surface area contributed by atoms with E-state index in [0.717, 1.165) is 23.6 Å². The van der Waals surface area contributed by atoms with Crippen LogP contribution in [0.4, 0.5) is 26.2 Å². The summed E-state index contributed by atoms with van der Waals surface area (Å²) in [6.07, 6.45) is 5.44. The lowest BCUT2D eigenvalue weighted by atomic mass is 10.4. The molecule has 2 aromatic rings.